The molecule has 5 nitrogen and oxygen atoms in total. The average Bonchev–Trinajstić information content (AvgIpc) is 2.94. The van der Waals surface area contributed by atoms with E-state index in [4.69, 9.17) is 9.84 Å². The van der Waals surface area contributed by atoms with Crippen molar-refractivity contribution in [1.29, 1.82) is 0 Å². The second-order valence-electron chi connectivity index (χ2n) is 4.48. The van der Waals surface area contributed by atoms with E-state index in [1.807, 2.05) is 24.3 Å². The van der Waals surface area contributed by atoms with Crippen LogP contribution in [0.4, 0.5) is 0 Å². The van der Waals surface area contributed by atoms with Crippen LogP contribution in [0.2, 0.25) is 0 Å². The first-order valence-corrected chi connectivity index (χ1v) is 7.43. The number of ether oxygens (including phenoxy) is 1. The topological polar surface area (TPSA) is 66.8 Å². The molecule has 20 heavy (non-hydrogen) atoms. The fourth-order valence-corrected chi connectivity index (χ4v) is 3.41. The highest BCUT2D eigenvalue weighted by Crippen LogP contribution is 2.38. The molecular formula is C14H17NO4S. The first kappa shape index (κ1) is 14.7. The van der Waals surface area contributed by atoms with Crippen molar-refractivity contribution in [1.82, 2.24) is 4.90 Å². The number of benzene rings is 1. The van der Waals surface area contributed by atoms with Crippen molar-refractivity contribution in [2.45, 2.75) is 18.2 Å². The molecule has 1 amide bonds. The molecule has 0 aromatic heterocycles. The van der Waals surface area contributed by atoms with Crippen molar-refractivity contribution in [3.63, 3.8) is 0 Å². The Morgan fingerprint density at radius 2 is 2.05 bits per heavy atom. The number of carbonyl (C=O) groups excluding carboxylic acids is 1. The number of carbonyl (C=O) groups is 2. The maximum Gasteiger partial charge on any atom is 0.303 e. The van der Waals surface area contributed by atoms with Gasteiger partial charge in [0.05, 0.1) is 13.5 Å². The Balaban J connectivity index is 2.05. The number of amides is 1. The maximum absolute atomic E-state index is 12.1. The third-order valence-electron chi connectivity index (χ3n) is 3.17. The van der Waals surface area contributed by atoms with Crippen LogP contribution >= 0.6 is 11.8 Å². The minimum atomic E-state index is -0.939. The average molecular weight is 295 g/mol. The predicted octanol–water partition coefficient (Wildman–Crippen LogP) is 2.13. The highest BCUT2D eigenvalue weighted by Gasteiger charge is 2.30. The van der Waals surface area contributed by atoms with E-state index in [1.165, 1.54) is 0 Å². The summed E-state index contributed by atoms with van der Waals surface area (Å²) in [7, 11) is 1.61. The summed E-state index contributed by atoms with van der Waals surface area (Å²) in [5.74, 6) is 0.611. The van der Waals surface area contributed by atoms with Gasteiger partial charge < -0.3 is 14.7 Å². The SMILES string of the molecule is COc1ccc([C@@H]2SCCN2C(=O)CCC(=O)O)cc1. The monoisotopic (exact) mass is 295 g/mol. The van der Waals surface area contributed by atoms with Crippen LogP contribution in [0.3, 0.4) is 0 Å². The van der Waals surface area contributed by atoms with Crippen molar-refractivity contribution >= 4 is 23.6 Å². The largest absolute Gasteiger partial charge is 0.497 e. The standard InChI is InChI=1S/C14H17NO4S/c1-19-11-4-2-10(3-5-11)14-15(8-9-20-14)12(16)6-7-13(17)18/h2-5,14H,6-9H2,1H3,(H,17,18)/t14-/m0/s1. The molecule has 0 spiro atoms. The van der Waals surface area contributed by atoms with Gasteiger partial charge in [0.25, 0.3) is 0 Å². The van der Waals surface area contributed by atoms with Gasteiger partial charge in [0.1, 0.15) is 11.1 Å². The molecule has 1 aromatic carbocycles. The van der Waals surface area contributed by atoms with Gasteiger partial charge in [-0.05, 0) is 17.7 Å². The molecule has 2 rings (SSSR count). The first-order chi connectivity index (χ1) is 9.61. The summed E-state index contributed by atoms with van der Waals surface area (Å²) >= 11 is 1.70. The quantitative estimate of drug-likeness (QED) is 0.901. The lowest BCUT2D eigenvalue weighted by molar-refractivity contribution is -0.141. The smallest absolute Gasteiger partial charge is 0.303 e. The normalized spacial score (nSPS) is 18.1. The molecule has 1 atom stereocenters. The minimum absolute atomic E-state index is 0.0257. The van der Waals surface area contributed by atoms with E-state index >= 15 is 0 Å². The van der Waals surface area contributed by atoms with E-state index in [0.717, 1.165) is 17.1 Å². The Morgan fingerprint density at radius 3 is 2.65 bits per heavy atom. The summed E-state index contributed by atoms with van der Waals surface area (Å²) in [5.41, 5.74) is 1.04. The molecule has 1 aromatic rings. The number of hydrogen-bond donors (Lipinski definition) is 1. The van der Waals surface area contributed by atoms with Gasteiger partial charge in [-0.1, -0.05) is 12.1 Å². The van der Waals surface area contributed by atoms with Crippen molar-refractivity contribution in [3.05, 3.63) is 29.8 Å². The van der Waals surface area contributed by atoms with Crippen molar-refractivity contribution in [2.75, 3.05) is 19.4 Å². The Labute approximate surface area is 121 Å². The van der Waals surface area contributed by atoms with Crippen LogP contribution in [0, 0.1) is 0 Å². The molecule has 0 saturated carbocycles. The summed E-state index contributed by atoms with van der Waals surface area (Å²) in [5, 5.41) is 8.63. The highest BCUT2D eigenvalue weighted by molar-refractivity contribution is 7.99. The van der Waals surface area contributed by atoms with E-state index in [2.05, 4.69) is 0 Å². The number of hydrogen-bond acceptors (Lipinski definition) is 4. The number of methoxy groups -OCH3 is 1. The van der Waals surface area contributed by atoms with Gasteiger partial charge in [-0.3, -0.25) is 9.59 Å². The van der Waals surface area contributed by atoms with E-state index < -0.39 is 5.97 Å². The third-order valence-corrected chi connectivity index (χ3v) is 4.43. The fraction of sp³-hybridized carbons (Fsp3) is 0.429. The molecule has 1 N–H and O–H groups in total. The molecule has 0 bridgehead atoms. The van der Waals surface area contributed by atoms with Crippen molar-refractivity contribution in [3.8, 4) is 5.75 Å². The first-order valence-electron chi connectivity index (χ1n) is 6.38. The molecule has 0 aliphatic carbocycles. The zero-order chi connectivity index (χ0) is 14.5. The number of thioether (sulfide) groups is 1. The van der Waals surface area contributed by atoms with E-state index in [-0.39, 0.29) is 24.1 Å². The predicted molar refractivity (Wildman–Crippen MR) is 76.8 cm³/mol. The lowest BCUT2D eigenvalue weighted by Gasteiger charge is -2.24. The van der Waals surface area contributed by atoms with Crippen LogP contribution in [-0.2, 0) is 9.59 Å². The van der Waals surface area contributed by atoms with Crippen LogP contribution in [0.25, 0.3) is 0 Å². The van der Waals surface area contributed by atoms with Crippen LogP contribution < -0.4 is 4.74 Å². The minimum Gasteiger partial charge on any atom is -0.497 e. The van der Waals surface area contributed by atoms with Crippen LogP contribution in [-0.4, -0.2) is 41.3 Å². The summed E-state index contributed by atoms with van der Waals surface area (Å²) in [6, 6.07) is 7.63. The summed E-state index contributed by atoms with van der Waals surface area (Å²) in [6.45, 7) is 0.666. The van der Waals surface area contributed by atoms with Crippen LogP contribution in [0.15, 0.2) is 24.3 Å². The molecule has 108 valence electrons. The van der Waals surface area contributed by atoms with Gasteiger partial charge in [0.2, 0.25) is 5.91 Å². The van der Waals surface area contributed by atoms with E-state index in [0.29, 0.717) is 6.54 Å². The van der Waals surface area contributed by atoms with Crippen LogP contribution in [0.1, 0.15) is 23.8 Å². The lowest BCUT2D eigenvalue weighted by atomic mass is 10.2. The second kappa shape index (κ2) is 6.65. The third kappa shape index (κ3) is 3.45. The number of carboxylic acids is 1. The van der Waals surface area contributed by atoms with E-state index in [9.17, 15) is 9.59 Å². The Bertz CT molecular complexity index is 488. The Kier molecular flexibility index (Phi) is 4.89. The zero-order valence-electron chi connectivity index (χ0n) is 11.2. The fourth-order valence-electron chi connectivity index (χ4n) is 2.13. The summed E-state index contributed by atoms with van der Waals surface area (Å²) < 4.78 is 5.12. The van der Waals surface area contributed by atoms with Crippen molar-refractivity contribution in [2.24, 2.45) is 0 Å². The lowest BCUT2D eigenvalue weighted by Crippen LogP contribution is -2.30. The van der Waals surface area contributed by atoms with E-state index in [1.54, 1.807) is 23.8 Å². The molecule has 1 aliphatic heterocycles. The molecule has 1 aliphatic rings. The zero-order valence-corrected chi connectivity index (χ0v) is 12.1. The van der Waals surface area contributed by atoms with Crippen molar-refractivity contribution < 1.29 is 19.4 Å². The maximum atomic E-state index is 12.1. The highest BCUT2D eigenvalue weighted by atomic mass is 32.2. The van der Waals surface area contributed by atoms with Gasteiger partial charge >= 0.3 is 5.97 Å². The van der Waals surface area contributed by atoms with Crippen LogP contribution in [0.5, 0.6) is 5.75 Å². The molecule has 0 radical (unpaired) electrons. The Morgan fingerprint density at radius 1 is 1.35 bits per heavy atom. The molecule has 0 unspecified atom stereocenters. The molecule has 1 heterocycles. The number of rotatable bonds is 5. The Hall–Kier alpha value is -1.69. The van der Waals surface area contributed by atoms with Gasteiger partial charge in [0, 0.05) is 18.7 Å². The summed E-state index contributed by atoms with van der Waals surface area (Å²) in [4.78, 5) is 24.4. The second-order valence-corrected chi connectivity index (χ2v) is 5.67. The van der Waals surface area contributed by atoms with Gasteiger partial charge in [-0.25, -0.2) is 0 Å². The molecular weight excluding hydrogens is 278 g/mol. The molecule has 1 fully saturated rings. The van der Waals surface area contributed by atoms with Gasteiger partial charge in [-0.2, -0.15) is 0 Å². The molecule has 6 heteroatoms. The van der Waals surface area contributed by atoms with Gasteiger partial charge in [-0.15, -0.1) is 11.8 Å². The molecule has 1 saturated heterocycles. The van der Waals surface area contributed by atoms with Gasteiger partial charge in [0.15, 0.2) is 0 Å². The number of carboxylic acid groups (broad SMARTS) is 1. The number of aliphatic carboxylic acids is 1. The number of nitrogens with zero attached hydrogens (tertiary/aromatic N) is 1. The summed E-state index contributed by atoms with van der Waals surface area (Å²) in [6.07, 6.45) is -0.0577.